The number of nitrogens with zero attached hydrogens (tertiary/aromatic N) is 1. The summed E-state index contributed by atoms with van der Waals surface area (Å²) >= 11 is 1.87. The molecular formula is C52H33NOS. The summed E-state index contributed by atoms with van der Waals surface area (Å²) in [6.07, 6.45) is 0. The van der Waals surface area contributed by atoms with Crippen LogP contribution in [0.3, 0.4) is 0 Å². The molecule has 0 saturated heterocycles. The maximum absolute atomic E-state index is 6.42. The minimum absolute atomic E-state index is 0.917. The van der Waals surface area contributed by atoms with Gasteiger partial charge in [-0.25, -0.2) is 0 Å². The Balaban J connectivity index is 1.03. The molecule has 0 radical (unpaired) electrons. The van der Waals surface area contributed by atoms with E-state index in [1.165, 1.54) is 53.4 Å². The second kappa shape index (κ2) is 12.9. The lowest BCUT2D eigenvalue weighted by Gasteiger charge is -2.28. The molecule has 0 saturated carbocycles. The molecule has 2 nitrogen and oxygen atoms in total. The first kappa shape index (κ1) is 31.6. The van der Waals surface area contributed by atoms with Gasteiger partial charge in [-0.15, -0.1) is 11.3 Å². The summed E-state index contributed by atoms with van der Waals surface area (Å²) in [5, 5.41) is 7.23. The van der Waals surface area contributed by atoms with Crippen LogP contribution in [0.1, 0.15) is 0 Å². The van der Waals surface area contributed by atoms with Gasteiger partial charge in [-0.2, -0.15) is 0 Å². The first-order valence-corrected chi connectivity index (χ1v) is 19.5. The minimum atomic E-state index is 0.917. The van der Waals surface area contributed by atoms with Crippen molar-refractivity contribution in [2.45, 2.75) is 0 Å². The van der Waals surface area contributed by atoms with Gasteiger partial charge in [0.15, 0.2) is 0 Å². The number of thiophene rings is 1. The Labute approximate surface area is 322 Å². The second-order valence-corrected chi connectivity index (χ2v) is 15.1. The maximum atomic E-state index is 6.42. The summed E-state index contributed by atoms with van der Waals surface area (Å²) in [5.74, 6) is 0. The van der Waals surface area contributed by atoms with Crippen LogP contribution in [0.4, 0.5) is 17.1 Å². The predicted molar refractivity (Wildman–Crippen MR) is 235 cm³/mol. The average Bonchev–Trinajstić information content (AvgIpc) is 3.84. The summed E-state index contributed by atoms with van der Waals surface area (Å²) in [6, 6.07) is 72.1. The third-order valence-corrected chi connectivity index (χ3v) is 12.1. The van der Waals surface area contributed by atoms with E-state index in [4.69, 9.17) is 4.42 Å². The van der Waals surface area contributed by atoms with Crippen LogP contribution in [0.15, 0.2) is 205 Å². The lowest BCUT2D eigenvalue weighted by molar-refractivity contribution is 0.672. The number of fused-ring (bicyclic) bond motifs is 8. The van der Waals surface area contributed by atoms with Crippen molar-refractivity contribution < 1.29 is 4.42 Å². The lowest BCUT2D eigenvalue weighted by atomic mass is 9.96. The van der Waals surface area contributed by atoms with Crippen LogP contribution in [0.5, 0.6) is 0 Å². The highest BCUT2D eigenvalue weighted by Gasteiger charge is 2.19. The van der Waals surface area contributed by atoms with Gasteiger partial charge in [0.2, 0.25) is 0 Å². The SMILES string of the molecule is c1ccc(-c2ccccc2N(c2ccc(-c3cccc4c3ccc3c5ccccc5oc43)cc2)c2ccc(-c3cccc4c3sc3ccccc34)cc2)cc1. The van der Waals surface area contributed by atoms with Crippen molar-refractivity contribution in [1.82, 2.24) is 0 Å². The maximum Gasteiger partial charge on any atom is 0.143 e. The quantitative estimate of drug-likeness (QED) is 0.170. The number of hydrogen-bond acceptors (Lipinski definition) is 3. The highest BCUT2D eigenvalue weighted by atomic mass is 32.1. The number of anilines is 3. The van der Waals surface area contributed by atoms with Crippen LogP contribution < -0.4 is 4.90 Å². The fourth-order valence-electron chi connectivity index (χ4n) is 8.30. The van der Waals surface area contributed by atoms with Gasteiger partial charge >= 0.3 is 0 Å². The molecule has 55 heavy (non-hydrogen) atoms. The van der Waals surface area contributed by atoms with Crippen LogP contribution in [-0.2, 0) is 0 Å². The van der Waals surface area contributed by atoms with Crippen molar-refractivity contribution in [3.8, 4) is 33.4 Å². The van der Waals surface area contributed by atoms with E-state index in [0.717, 1.165) is 50.0 Å². The Morgan fingerprint density at radius 1 is 0.345 bits per heavy atom. The molecule has 2 aromatic heterocycles. The van der Waals surface area contributed by atoms with Gasteiger partial charge in [-0.05, 0) is 81.7 Å². The standard InChI is InChI=1S/C52H33NOS/c1-2-12-34(13-3-1)40-14-4-7-21-48(40)53(38-30-26-36(27-31-38)41-18-11-20-47-44-16-6-9-23-50(44)55-52(41)47)37-28-24-35(25-29-37)39-17-10-19-45-42(39)32-33-46-43-15-5-8-22-49(43)54-51(45)46/h1-33H. The van der Waals surface area contributed by atoms with Gasteiger partial charge < -0.3 is 9.32 Å². The van der Waals surface area contributed by atoms with E-state index in [-0.39, 0.29) is 0 Å². The number of rotatable bonds is 6. The van der Waals surface area contributed by atoms with Gasteiger partial charge in [-0.3, -0.25) is 0 Å². The molecule has 0 atom stereocenters. The fourth-order valence-corrected chi connectivity index (χ4v) is 9.54. The highest BCUT2D eigenvalue weighted by molar-refractivity contribution is 7.26. The molecule has 11 aromatic rings. The molecule has 0 amide bonds. The van der Waals surface area contributed by atoms with Crippen molar-refractivity contribution in [3.05, 3.63) is 200 Å². The van der Waals surface area contributed by atoms with Crippen molar-refractivity contribution in [1.29, 1.82) is 0 Å². The summed E-state index contributed by atoms with van der Waals surface area (Å²) in [4.78, 5) is 2.39. The van der Waals surface area contributed by atoms with Crippen molar-refractivity contribution in [3.63, 3.8) is 0 Å². The first-order chi connectivity index (χ1) is 27.3. The molecule has 0 bridgehead atoms. The molecule has 0 unspecified atom stereocenters. The molecule has 0 aliphatic carbocycles. The molecule has 0 aliphatic heterocycles. The number of benzene rings is 9. The predicted octanol–water partition coefficient (Wildman–Crippen LogP) is 15.6. The number of hydrogen-bond donors (Lipinski definition) is 0. The molecule has 11 rings (SSSR count). The summed E-state index contributed by atoms with van der Waals surface area (Å²) in [7, 11) is 0. The smallest absolute Gasteiger partial charge is 0.143 e. The molecule has 0 aliphatic rings. The van der Waals surface area contributed by atoms with Crippen molar-refractivity contribution >= 4 is 81.3 Å². The molecule has 3 heteroatoms. The van der Waals surface area contributed by atoms with Gasteiger partial charge in [-0.1, -0.05) is 152 Å². The average molecular weight is 720 g/mol. The number of furan rings is 1. The van der Waals surface area contributed by atoms with Crippen LogP contribution in [0.2, 0.25) is 0 Å². The first-order valence-electron chi connectivity index (χ1n) is 18.7. The molecule has 2 heterocycles. The van der Waals surface area contributed by atoms with Crippen molar-refractivity contribution in [2.24, 2.45) is 0 Å². The van der Waals surface area contributed by atoms with Gasteiger partial charge in [0.1, 0.15) is 11.2 Å². The molecule has 0 spiro atoms. The van der Waals surface area contributed by atoms with E-state index < -0.39 is 0 Å². The Hall–Kier alpha value is -6.94. The Bertz CT molecular complexity index is 3190. The third-order valence-electron chi connectivity index (χ3n) is 10.9. The summed E-state index contributed by atoms with van der Waals surface area (Å²) < 4.78 is 9.06. The topological polar surface area (TPSA) is 16.4 Å². The van der Waals surface area contributed by atoms with Crippen LogP contribution in [-0.4, -0.2) is 0 Å². The van der Waals surface area contributed by atoms with Crippen molar-refractivity contribution in [2.75, 3.05) is 4.90 Å². The van der Waals surface area contributed by atoms with E-state index in [9.17, 15) is 0 Å². The highest BCUT2D eigenvalue weighted by Crippen LogP contribution is 2.44. The molecule has 0 fully saturated rings. The third kappa shape index (κ3) is 5.24. The molecule has 0 N–H and O–H groups in total. The second-order valence-electron chi connectivity index (χ2n) is 14.0. The van der Waals surface area contributed by atoms with E-state index in [1.807, 2.05) is 23.5 Å². The zero-order chi connectivity index (χ0) is 36.3. The molecule has 258 valence electrons. The normalized spacial score (nSPS) is 11.6. The fraction of sp³-hybridized carbons (Fsp3) is 0. The lowest BCUT2D eigenvalue weighted by Crippen LogP contribution is -2.11. The Kier molecular flexibility index (Phi) is 7.39. The summed E-state index contributed by atoms with van der Waals surface area (Å²) in [6.45, 7) is 0. The Morgan fingerprint density at radius 3 is 1.69 bits per heavy atom. The van der Waals surface area contributed by atoms with Gasteiger partial charge in [0, 0.05) is 53.3 Å². The van der Waals surface area contributed by atoms with Gasteiger partial charge in [0.05, 0.1) is 5.69 Å². The van der Waals surface area contributed by atoms with E-state index >= 15 is 0 Å². The van der Waals surface area contributed by atoms with E-state index in [1.54, 1.807) is 0 Å². The number of para-hydroxylation sites is 2. The molecular weight excluding hydrogens is 687 g/mol. The monoisotopic (exact) mass is 719 g/mol. The van der Waals surface area contributed by atoms with E-state index in [0.29, 0.717) is 0 Å². The summed E-state index contributed by atoms with van der Waals surface area (Å²) in [5.41, 5.74) is 12.3. The zero-order valence-corrected chi connectivity index (χ0v) is 30.6. The van der Waals surface area contributed by atoms with Crippen LogP contribution >= 0.6 is 11.3 Å². The minimum Gasteiger partial charge on any atom is -0.455 e. The Morgan fingerprint density at radius 2 is 0.891 bits per heavy atom. The molecule has 9 aromatic carbocycles. The van der Waals surface area contributed by atoms with Crippen LogP contribution in [0, 0.1) is 0 Å². The zero-order valence-electron chi connectivity index (χ0n) is 29.8. The van der Waals surface area contributed by atoms with E-state index in [2.05, 4.69) is 193 Å². The largest absolute Gasteiger partial charge is 0.455 e. The van der Waals surface area contributed by atoms with Crippen LogP contribution in [0.25, 0.3) is 86.3 Å². The van der Waals surface area contributed by atoms with Gasteiger partial charge in [0.25, 0.3) is 0 Å².